The van der Waals surface area contributed by atoms with Gasteiger partial charge in [0.05, 0.1) is 13.7 Å². The first-order chi connectivity index (χ1) is 11.2. The van der Waals surface area contributed by atoms with Gasteiger partial charge >= 0.3 is 0 Å². The van der Waals surface area contributed by atoms with Gasteiger partial charge in [-0.1, -0.05) is 6.07 Å². The van der Waals surface area contributed by atoms with Gasteiger partial charge in [-0.3, -0.25) is 4.79 Å². The van der Waals surface area contributed by atoms with Crippen LogP contribution < -0.4 is 14.9 Å². The molecule has 0 unspecified atom stereocenters. The van der Waals surface area contributed by atoms with E-state index in [0.29, 0.717) is 5.92 Å². The molecule has 0 N–H and O–H groups in total. The second-order valence-corrected chi connectivity index (χ2v) is 5.89. The average molecular weight is 311 g/mol. The van der Waals surface area contributed by atoms with Gasteiger partial charge < -0.3 is 14.0 Å². The molecule has 2 aromatic rings. The summed E-state index contributed by atoms with van der Waals surface area (Å²) in [7, 11) is 1.65. The number of aromatic nitrogens is 1. The number of rotatable bonds is 6. The van der Waals surface area contributed by atoms with Gasteiger partial charge in [-0.05, 0) is 49.5 Å². The molecule has 1 fully saturated rings. The summed E-state index contributed by atoms with van der Waals surface area (Å²) in [5.74, 6) is 2.23. The molecule has 3 rings (SSSR count). The fourth-order valence-corrected chi connectivity index (χ4v) is 2.34. The number of hydrogen-bond acceptors (Lipinski definition) is 3. The molecule has 0 spiro atoms. The fourth-order valence-electron chi connectivity index (χ4n) is 2.34. The van der Waals surface area contributed by atoms with E-state index in [1.807, 2.05) is 42.0 Å². The zero-order valence-electron chi connectivity index (χ0n) is 13.5. The summed E-state index contributed by atoms with van der Waals surface area (Å²) in [6, 6.07) is 9.05. The SMILES string of the molecule is COc1ccc(C=Cn2ccc(=O)cc2C)cc1OCC1CC1. The van der Waals surface area contributed by atoms with Gasteiger partial charge in [0.1, 0.15) is 0 Å². The third kappa shape index (κ3) is 4.03. The lowest BCUT2D eigenvalue weighted by Gasteiger charge is -2.11. The van der Waals surface area contributed by atoms with E-state index in [1.54, 1.807) is 25.4 Å². The molecule has 4 nitrogen and oxygen atoms in total. The summed E-state index contributed by atoms with van der Waals surface area (Å²) in [6.45, 7) is 2.66. The van der Waals surface area contributed by atoms with E-state index in [2.05, 4.69) is 0 Å². The first-order valence-electron chi connectivity index (χ1n) is 7.83. The normalized spacial score (nSPS) is 14.2. The number of ether oxygens (including phenoxy) is 2. The molecule has 1 aromatic heterocycles. The zero-order chi connectivity index (χ0) is 16.2. The Hall–Kier alpha value is -2.49. The highest BCUT2D eigenvalue weighted by Crippen LogP contribution is 2.33. The third-order valence-electron chi connectivity index (χ3n) is 3.94. The Balaban J connectivity index is 1.79. The van der Waals surface area contributed by atoms with Gasteiger partial charge in [0, 0.05) is 30.2 Å². The van der Waals surface area contributed by atoms with E-state index in [0.717, 1.165) is 29.4 Å². The Morgan fingerprint density at radius 1 is 1.22 bits per heavy atom. The molecule has 1 aliphatic rings. The molecule has 1 aromatic carbocycles. The van der Waals surface area contributed by atoms with Crippen LogP contribution in [0.2, 0.25) is 0 Å². The van der Waals surface area contributed by atoms with E-state index in [9.17, 15) is 4.79 Å². The van der Waals surface area contributed by atoms with Gasteiger partial charge in [-0.25, -0.2) is 0 Å². The fraction of sp³-hybridized carbons (Fsp3) is 0.316. The summed E-state index contributed by atoms with van der Waals surface area (Å²) >= 11 is 0. The van der Waals surface area contributed by atoms with Crippen LogP contribution in [0.1, 0.15) is 24.1 Å². The molecule has 1 heterocycles. The number of methoxy groups -OCH3 is 1. The zero-order valence-corrected chi connectivity index (χ0v) is 13.5. The first-order valence-corrected chi connectivity index (χ1v) is 7.83. The summed E-state index contributed by atoms with van der Waals surface area (Å²) in [5.41, 5.74) is 1.94. The predicted octanol–water partition coefficient (Wildman–Crippen LogP) is 3.58. The van der Waals surface area contributed by atoms with Crippen LogP contribution in [0.4, 0.5) is 0 Å². The van der Waals surface area contributed by atoms with E-state index >= 15 is 0 Å². The molecule has 120 valence electrons. The van der Waals surface area contributed by atoms with E-state index < -0.39 is 0 Å². The Morgan fingerprint density at radius 2 is 2.04 bits per heavy atom. The molecule has 0 radical (unpaired) electrons. The highest BCUT2D eigenvalue weighted by Gasteiger charge is 2.22. The minimum absolute atomic E-state index is 0.0207. The van der Waals surface area contributed by atoms with E-state index in [1.165, 1.54) is 12.8 Å². The van der Waals surface area contributed by atoms with Crippen molar-refractivity contribution in [3.63, 3.8) is 0 Å². The largest absolute Gasteiger partial charge is 0.493 e. The lowest BCUT2D eigenvalue weighted by Crippen LogP contribution is -2.03. The van der Waals surface area contributed by atoms with Crippen LogP contribution in [0, 0.1) is 12.8 Å². The topological polar surface area (TPSA) is 40.5 Å². The molecule has 0 amide bonds. The van der Waals surface area contributed by atoms with Crippen molar-refractivity contribution < 1.29 is 9.47 Å². The van der Waals surface area contributed by atoms with E-state index in [4.69, 9.17) is 9.47 Å². The number of aryl methyl sites for hydroxylation is 1. The second kappa shape index (κ2) is 6.73. The summed E-state index contributed by atoms with van der Waals surface area (Å²) in [6.07, 6.45) is 8.20. The van der Waals surface area contributed by atoms with Gasteiger partial charge in [0.2, 0.25) is 0 Å². The Kier molecular flexibility index (Phi) is 4.51. The lowest BCUT2D eigenvalue weighted by atomic mass is 10.2. The molecule has 0 bridgehead atoms. The van der Waals surface area contributed by atoms with Crippen LogP contribution in [0.3, 0.4) is 0 Å². The van der Waals surface area contributed by atoms with Crippen LogP contribution in [-0.2, 0) is 0 Å². The van der Waals surface area contributed by atoms with Crippen LogP contribution in [-0.4, -0.2) is 18.3 Å². The molecule has 1 aliphatic carbocycles. The minimum Gasteiger partial charge on any atom is -0.493 e. The summed E-state index contributed by atoms with van der Waals surface area (Å²) < 4.78 is 13.1. The number of pyridine rings is 1. The molecule has 0 saturated heterocycles. The second-order valence-electron chi connectivity index (χ2n) is 5.89. The van der Waals surface area contributed by atoms with Crippen molar-refractivity contribution in [2.24, 2.45) is 5.92 Å². The number of benzene rings is 1. The van der Waals surface area contributed by atoms with Gasteiger partial charge in [0.25, 0.3) is 0 Å². The molecule has 23 heavy (non-hydrogen) atoms. The predicted molar refractivity (Wildman–Crippen MR) is 91.9 cm³/mol. The van der Waals surface area contributed by atoms with Crippen LogP contribution in [0.15, 0.2) is 41.3 Å². The van der Waals surface area contributed by atoms with Crippen molar-refractivity contribution in [2.45, 2.75) is 19.8 Å². The van der Waals surface area contributed by atoms with Crippen molar-refractivity contribution in [1.82, 2.24) is 4.57 Å². The summed E-state index contributed by atoms with van der Waals surface area (Å²) in [4.78, 5) is 11.3. The van der Waals surface area contributed by atoms with Crippen LogP contribution in [0.25, 0.3) is 12.3 Å². The Labute approximate surface area is 136 Å². The van der Waals surface area contributed by atoms with Crippen molar-refractivity contribution in [2.75, 3.05) is 13.7 Å². The number of nitrogens with zero attached hydrogens (tertiary/aromatic N) is 1. The van der Waals surface area contributed by atoms with Gasteiger partial charge in [-0.2, -0.15) is 0 Å². The monoisotopic (exact) mass is 311 g/mol. The summed E-state index contributed by atoms with van der Waals surface area (Å²) in [5, 5.41) is 0. The van der Waals surface area contributed by atoms with Gasteiger partial charge in [-0.15, -0.1) is 0 Å². The maximum absolute atomic E-state index is 11.3. The molecule has 1 saturated carbocycles. The van der Waals surface area contributed by atoms with Crippen molar-refractivity contribution in [3.8, 4) is 11.5 Å². The molecular formula is C19H21NO3. The molecule has 4 heteroatoms. The first kappa shape index (κ1) is 15.4. The van der Waals surface area contributed by atoms with Crippen molar-refractivity contribution in [3.05, 3.63) is 58.0 Å². The molecular weight excluding hydrogens is 290 g/mol. The van der Waals surface area contributed by atoms with Crippen molar-refractivity contribution >= 4 is 12.3 Å². The Bertz CT molecular complexity index is 772. The van der Waals surface area contributed by atoms with E-state index in [-0.39, 0.29) is 5.43 Å². The average Bonchev–Trinajstić information content (AvgIpc) is 3.36. The van der Waals surface area contributed by atoms with Crippen LogP contribution in [0.5, 0.6) is 11.5 Å². The standard InChI is InChI=1S/C19H21NO3/c1-14-11-17(21)8-10-20(14)9-7-15-5-6-18(22-2)19(12-15)23-13-16-3-4-16/h5-12,16H,3-4,13H2,1-2H3. The highest BCUT2D eigenvalue weighted by atomic mass is 16.5. The third-order valence-corrected chi connectivity index (χ3v) is 3.94. The number of hydrogen-bond donors (Lipinski definition) is 0. The minimum atomic E-state index is 0.0207. The quantitative estimate of drug-likeness (QED) is 0.818. The Morgan fingerprint density at radius 3 is 2.74 bits per heavy atom. The van der Waals surface area contributed by atoms with Gasteiger partial charge in [0.15, 0.2) is 16.9 Å². The maximum atomic E-state index is 11.3. The van der Waals surface area contributed by atoms with Crippen LogP contribution >= 0.6 is 0 Å². The maximum Gasteiger partial charge on any atom is 0.181 e. The highest BCUT2D eigenvalue weighted by molar-refractivity contribution is 5.63. The lowest BCUT2D eigenvalue weighted by molar-refractivity contribution is 0.280. The molecule has 0 aliphatic heterocycles. The molecule has 0 atom stereocenters. The smallest absolute Gasteiger partial charge is 0.181 e. The van der Waals surface area contributed by atoms with Crippen molar-refractivity contribution in [1.29, 1.82) is 0 Å².